The van der Waals surface area contributed by atoms with E-state index in [1.807, 2.05) is 13.8 Å². The summed E-state index contributed by atoms with van der Waals surface area (Å²) in [5, 5.41) is 0. The molecule has 1 amide bonds. The topological polar surface area (TPSA) is 113 Å². The molecule has 0 atom stereocenters. The van der Waals surface area contributed by atoms with Gasteiger partial charge in [-0.2, -0.15) is 4.99 Å². The Balaban J connectivity index is 2.12. The molecule has 0 saturated heterocycles. The second kappa shape index (κ2) is 10.8. The predicted octanol–water partition coefficient (Wildman–Crippen LogP) is 3.21. The van der Waals surface area contributed by atoms with Crippen LogP contribution in [-0.2, 0) is 25.9 Å². The zero-order valence-corrected chi connectivity index (χ0v) is 21.0. The van der Waals surface area contributed by atoms with Crippen molar-refractivity contribution in [2.45, 2.75) is 32.2 Å². The molecular weight excluding hydrogens is 480 g/mol. The van der Waals surface area contributed by atoms with Crippen LogP contribution in [0.25, 0.3) is 10.2 Å². The highest BCUT2D eigenvalue weighted by Crippen LogP contribution is 2.29. The number of ether oxygens (including phenoxy) is 3. The largest absolute Gasteiger partial charge is 0.490 e. The molecule has 0 fully saturated rings. The minimum absolute atomic E-state index is 0.135. The molecule has 3 rings (SSSR count). The first-order valence-corrected chi connectivity index (χ1v) is 13.4. The van der Waals surface area contributed by atoms with E-state index in [0.29, 0.717) is 34.9 Å². The van der Waals surface area contributed by atoms with Crippen molar-refractivity contribution in [2.75, 3.05) is 26.1 Å². The van der Waals surface area contributed by atoms with Crippen LogP contribution in [0.1, 0.15) is 31.1 Å². The summed E-state index contributed by atoms with van der Waals surface area (Å²) in [6.07, 6.45) is 1.12. The van der Waals surface area contributed by atoms with Gasteiger partial charge in [-0.1, -0.05) is 11.3 Å². The number of sulfone groups is 1. The molecule has 0 radical (unpaired) electrons. The molecule has 0 N–H and O–H groups in total. The summed E-state index contributed by atoms with van der Waals surface area (Å²) in [5.74, 6) is -0.0909. The van der Waals surface area contributed by atoms with Crippen LogP contribution in [0.15, 0.2) is 46.3 Å². The monoisotopic (exact) mass is 506 g/mol. The molecule has 9 nitrogen and oxygen atoms in total. The van der Waals surface area contributed by atoms with Crippen LogP contribution < -0.4 is 14.3 Å². The van der Waals surface area contributed by atoms with Crippen molar-refractivity contribution in [3.63, 3.8) is 0 Å². The second-order valence-corrected chi connectivity index (χ2v) is 10.1. The van der Waals surface area contributed by atoms with Crippen molar-refractivity contribution in [2.24, 2.45) is 4.99 Å². The van der Waals surface area contributed by atoms with E-state index in [0.717, 1.165) is 17.6 Å². The molecular formula is C23H26N2O7S2. The number of hydrogen-bond donors (Lipinski definition) is 0. The zero-order chi connectivity index (χ0) is 24.9. The maximum Gasteiger partial charge on any atom is 0.326 e. The first-order valence-electron chi connectivity index (χ1n) is 10.7. The van der Waals surface area contributed by atoms with E-state index >= 15 is 0 Å². The Morgan fingerprint density at radius 3 is 2.32 bits per heavy atom. The van der Waals surface area contributed by atoms with Crippen LogP contribution in [-0.4, -0.2) is 50.9 Å². The maximum absolute atomic E-state index is 13.0. The number of fused-ring (bicyclic) bond motifs is 1. The predicted molar refractivity (Wildman–Crippen MR) is 128 cm³/mol. The average Bonchev–Trinajstić information content (AvgIpc) is 3.11. The molecule has 182 valence electrons. The molecule has 34 heavy (non-hydrogen) atoms. The van der Waals surface area contributed by atoms with Crippen molar-refractivity contribution in [1.29, 1.82) is 0 Å². The molecule has 0 aliphatic carbocycles. The van der Waals surface area contributed by atoms with Gasteiger partial charge in [-0.15, -0.1) is 0 Å². The van der Waals surface area contributed by atoms with Gasteiger partial charge in [-0.3, -0.25) is 9.59 Å². The van der Waals surface area contributed by atoms with E-state index in [1.54, 1.807) is 35.8 Å². The maximum atomic E-state index is 13.0. The van der Waals surface area contributed by atoms with Gasteiger partial charge in [0.05, 0.1) is 34.9 Å². The van der Waals surface area contributed by atoms with E-state index in [1.165, 1.54) is 12.1 Å². The highest BCUT2D eigenvalue weighted by Gasteiger charge is 2.17. The summed E-state index contributed by atoms with van der Waals surface area (Å²) in [5.41, 5.74) is 0.850. The Morgan fingerprint density at radius 2 is 1.68 bits per heavy atom. The quantitative estimate of drug-likeness (QED) is 0.410. The lowest BCUT2D eigenvalue weighted by atomic mass is 10.2. The minimum atomic E-state index is -3.43. The fraction of sp³-hybridized carbons (Fsp3) is 0.348. The van der Waals surface area contributed by atoms with Gasteiger partial charge in [-0.25, -0.2) is 8.42 Å². The molecule has 3 aromatic rings. The number of thiazole rings is 1. The Labute approximate surface area is 201 Å². The molecule has 1 heterocycles. The number of rotatable bonds is 9. The smallest absolute Gasteiger partial charge is 0.326 e. The van der Waals surface area contributed by atoms with Crippen LogP contribution in [0.3, 0.4) is 0 Å². The summed E-state index contributed by atoms with van der Waals surface area (Å²) >= 11 is 1.11. The van der Waals surface area contributed by atoms with Gasteiger partial charge in [-0.05, 0) is 57.2 Å². The molecule has 0 unspecified atom stereocenters. The zero-order valence-electron chi connectivity index (χ0n) is 19.4. The summed E-state index contributed by atoms with van der Waals surface area (Å²) in [4.78, 5) is 29.9. The summed E-state index contributed by atoms with van der Waals surface area (Å²) < 4.78 is 42.2. The third-order valence-electron chi connectivity index (χ3n) is 4.66. The number of carbonyl (C=O) groups is 2. The molecule has 0 spiro atoms. The molecule has 0 bridgehead atoms. The van der Waals surface area contributed by atoms with Gasteiger partial charge in [0.1, 0.15) is 6.54 Å². The summed E-state index contributed by atoms with van der Waals surface area (Å²) in [6.45, 7) is 6.25. The van der Waals surface area contributed by atoms with Crippen molar-refractivity contribution in [3.8, 4) is 11.5 Å². The van der Waals surface area contributed by atoms with Crippen LogP contribution in [0.5, 0.6) is 11.5 Å². The Hall–Kier alpha value is -3.18. The number of benzene rings is 2. The van der Waals surface area contributed by atoms with Gasteiger partial charge in [0.25, 0.3) is 5.91 Å². The second-order valence-electron chi connectivity index (χ2n) is 7.12. The number of carbonyl (C=O) groups excluding carboxylic acids is 2. The average molecular weight is 507 g/mol. The van der Waals surface area contributed by atoms with Crippen LogP contribution >= 0.6 is 11.3 Å². The Kier molecular flexibility index (Phi) is 8.11. The van der Waals surface area contributed by atoms with Gasteiger partial charge in [0.2, 0.25) is 0 Å². The van der Waals surface area contributed by atoms with E-state index in [2.05, 4.69) is 4.99 Å². The van der Waals surface area contributed by atoms with E-state index in [4.69, 9.17) is 14.2 Å². The van der Waals surface area contributed by atoms with Gasteiger partial charge in [0, 0.05) is 11.8 Å². The fourth-order valence-electron chi connectivity index (χ4n) is 3.19. The fourth-order valence-corrected chi connectivity index (χ4v) is 4.98. The third kappa shape index (κ3) is 5.84. The standard InChI is InChI=1S/C23H26N2O7S2/c1-5-30-18-11-8-15(12-19(18)31-6-2)22(27)24-23-25(14-21(26)32-7-3)17-10-9-16(34(4,28)29)13-20(17)33-23/h8-13H,5-7,14H2,1-4H3. The van der Waals surface area contributed by atoms with Crippen molar-refractivity contribution in [3.05, 3.63) is 46.8 Å². The lowest BCUT2D eigenvalue weighted by Gasteiger charge is -2.11. The Bertz CT molecular complexity index is 1390. The highest BCUT2D eigenvalue weighted by atomic mass is 32.2. The highest BCUT2D eigenvalue weighted by molar-refractivity contribution is 7.90. The third-order valence-corrected chi connectivity index (χ3v) is 6.81. The van der Waals surface area contributed by atoms with Crippen LogP contribution in [0.2, 0.25) is 0 Å². The van der Waals surface area contributed by atoms with Crippen molar-refractivity contribution < 1.29 is 32.2 Å². The van der Waals surface area contributed by atoms with Gasteiger partial charge < -0.3 is 18.8 Å². The lowest BCUT2D eigenvalue weighted by molar-refractivity contribution is -0.143. The number of aromatic nitrogens is 1. The number of nitrogens with zero attached hydrogens (tertiary/aromatic N) is 2. The number of esters is 1. The van der Waals surface area contributed by atoms with E-state index in [9.17, 15) is 18.0 Å². The van der Waals surface area contributed by atoms with Crippen molar-refractivity contribution >= 4 is 43.3 Å². The first kappa shape index (κ1) is 25.4. The van der Waals surface area contributed by atoms with Gasteiger partial charge >= 0.3 is 5.97 Å². The van der Waals surface area contributed by atoms with Gasteiger partial charge in [0.15, 0.2) is 26.1 Å². The Morgan fingerprint density at radius 1 is 0.971 bits per heavy atom. The van der Waals surface area contributed by atoms with E-state index in [-0.39, 0.29) is 28.4 Å². The van der Waals surface area contributed by atoms with Crippen LogP contribution in [0.4, 0.5) is 0 Å². The molecule has 0 aliphatic heterocycles. The van der Waals surface area contributed by atoms with Crippen molar-refractivity contribution in [1.82, 2.24) is 4.57 Å². The first-order chi connectivity index (χ1) is 16.2. The van der Waals surface area contributed by atoms with Crippen LogP contribution in [0, 0.1) is 0 Å². The van der Waals surface area contributed by atoms with E-state index < -0.39 is 21.7 Å². The minimum Gasteiger partial charge on any atom is -0.490 e. The molecule has 1 aromatic heterocycles. The molecule has 0 aliphatic rings. The SMILES string of the molecule is CCOC(=O)Cn1c(=NC(=O)c2ccc(OCC)c(OCC)c2)sc2cc(S(C)(=O)=O)ccc21. The summed E-state index contributed by atoms with van der Waals surface area (Å²) in [7, 11) is -3.43. The number of amides is 1. The lowest BCUT2D eigenvalue weighted by Crippen LogP contribution is -2.23. The molecule has 11 heteroatoms. The molecule has 2 aromatic carbocycles. The number of hydrogen-bond acceptors (Lipinski definition) is 8. The molecule has 0 saturated carbocycles. The normalized spacial score (nSPS) is 12.1. The summed E-state index contributed by atoms with van der Waals surface area (Å²) in [6, 6.07) is 9.35.